The van der Waals surface area contributed by atoms with Crippen molar-refractivity contribution in [3.63, 3.8) is 0 Å². The zero-order valence-electron chi connectivity index (χ0n) is 18.5. The van der Waals surface area contributed by atoms with E-state index in [1.54, 1.807) is 0 Å². The molecule has 1 aromatic carbocycles. The second-order valence-corrected chi connectivity index (χ2v) is 8.27. The van der Waals surface area contributed by atoms with Crippen LogP contribution in [-0.4, -0.2) is 96.2 Å². The Morgan fingerprint density at radius 2 is 1.73 bits per heavy atom. The van der Waals surface area contributed by atoms with Crippen molar-refractivity contribution >= 4 is 11.9 Å². The van der Waals surface area contributed by atoms with Gasteiger partial charge in [0.1, 0.15) is 0 Å². The quantitative estimate of drug-likeness (QED) is 0.517. The summed E-state index contributed by atoms with van der Waals surface area (Å²) in [5.74, 6) is 1.12. The Morgan fingerprint density at radius 3 is 2.37 bits per heavy atom. The van der Waals surface area contributed by atoms with Gasteiger partial charge in [0.05, 0.1) is 18.7 Å². The highest BCUT2D eigenvalue weighted by Gasteiger charge is 2.30. The fourth-order valence-electron chi connectivity index (χ4n) is 4.25. The molecule has 2 N–H and O–H groups in total. The fourth-order valence-corrected chi connectivity index (χ4v) is 4.25. The summed E-state index contributed by atoms with van der Waals surface area (Å²) in [7, 11) is 0. The molecular formula is C23H37N5O2. The first kappa shape index (κ1) is 22.6. The molecule has 0 aromatic heterocycles. The number of guanidine groups is 1. The molecule has 0 aliphatic carbocycles. The molecule has 2 aliphatic rings. The summed E-state index contributed by atoms with van der Waals surface area (Å²) in [5, 5.41) is 13.7. The molecule has 7 heteroatoms. The van der Waals surface area contributed by atoms with Gasteiger partial charge in [0.2, 0.25) is 5.91 Å². The van der Waals surface area contributed by atoms with E-state index in [1.807, 2.05) is 42.2 Å². The van der Waals surface area contributed by atoms with Crippen LogP contribution in [0.1, 0.15) is 32.3 Å². The smallest absolute Gasteiger partial charge is 0.239 e. The minimum absolute atomic E-state index is 0.0579. The highest BCUT2D eigenvalue weighted by atomic mass is 16.3. The van der Waals surface area contributed by atoms with Gasteiger partial charge in [0, 0.05) is 52.2 Å². The van der Waals surface area contributed by atoms with Gasteiger partial charge in [-0.15, -0.1) is 0 Å². The number of carbonyl (C=O) groups excluding carboxylic acids is 1. The van der Waals surface area contributed by atoms with Gasteiger partial charge < -0.3 is 20.2 Å². The molecule has 2 fully saturated rings. The maximum atomic E-state index is 12.7. The number of benzene rings is 1. The molecule has 2 saturated heterocycles. The van der Waals surface area contributed by atoms with E-state index in [2.05, 4.69) is 27.0 Å². The van der Waals surface area contributed by atoms with Crippen LogP contribution in [0.25, 0.3) is 0 Å². The zero-order chi connectivity index (χ0) is 21.3. The highest BCUT2D eigenvalue weighted by Crippen LogP contribution is 2.14. The summed E-state index contributed by atoms with van der Waals surface area (Å²) in [6.45, 7) is 10.4. The van der Waals surface area contributed by atoms with Crippen LogP contribution in [0.2, 0.25) is 0 Å². The number of amides is 1. The average molecular weight is 416 g/mol. The lowest BCUT2D eigenvalue weighted by molar-refractivity contribution is -0.135. The number of likely N-dealkylation sites (tertiary alicyclic amines) is 1. The Balaban J connectivity index is 1.50. The Hall–Kier alpha value is -2.12. The van der Waals surface area contributed by atoms with Gasteiger partial charge in [0.15, 0.2) is 5.96 Å². The van der Waals surface area contributed by atoms with E-state index in [-0.39, 0.29) is 11.9 Å². The number of rotatable bonds is 7. The molecule has 2 aliphatic heterocycles. The summed E-state index contributed by atoms with van der Waals surface area (Å²) in [6.07, 6.45) is 2.36. The molecule has 0 spiro atoms. The van der Waals surface area contributed by atoms with Crippen LogP contribution in [-0.2, 0) is 11.2 Å². The van der Waals surface area contributed by atoms with Crippen LogP contribution < -0.4 is 5.32 Å². The van der Waals surface area contributed by atoms with Crippen molar-refractivity contribution in [2.24, 2.45) is 4.99 Å². The minimum atomic E-state index is -0.500. The van der Waals surface area contributed by atoms with Crippen molar-refractivity contribution in [3.05, 3.63) is 35.9 Å². The molecular weight excluding hydrogens is 378 g/mol. The summed E-state index contributed by atoms with van der Waals surface area (Å²) >= 11 is 0. The Bertz CT molecular complexity index is 682. The number of aliphatic hydroxyl groups excluding tert-OH is 1. The van der Waals surface area contributed by atoms with Crippen molar-refractivity contribution in [2.75, 3.05) is 52.4 Å². The number of nitrogens with one attached hydrogen (secondary N) is 1. The van der Waals surface area contributed by atoms with Gasteiger partial charge in [-0.2, -0.15) is 0 Å². The number of carbonyl (C=O) groups is 1. The first-order valence-corrected chi connectivity index (χ1v) is 11.4. The van der Waals surface area contributed by atoms with Crippen LogP contribution in [0.15, 0.2) is 35.3 Å². The number of aliphatic hydroxyl groups is 1. The molecule has 0 bridgehead atoms. The highest BCUT2D eigenvalue weighted by molar-refractivity contribution is 5.82. The lowest BCUT2D eigenvalue weighted by Crippen LogP contribution is -2.57. The summed E-state index contributed by atoms with van der Waals surface area (Å²) in [4.78, 5) is 23.9. The van der Waals surface area contributed by atoms with Gasteiger partial charge in [-0.05, 0) is 32.3 Å². The molecule has 3 rings (SSSR count). The standard InChI is InChI=1S/C23H37N5O2/c1-3-24-23(25-18-21(29)17-20-9-5-4-6-10-20)28-15-13-26(14-16-28)19(2)22(30)27-11-7-8-12-27/h4-6,9-10,19,21,29H,3,7-8,11-18H2,1-2H3,(H,24,25). The molecule has 1 amide bonds. The van der Waals surface area contributed by atoms with Crippen LogP contribution >= 0.6 is 0 Å². The second kappa shape index (κ2) is 11.3. The minimum Gasteiger partial charge on any atom is -0.391 e. The molecule has 2 heterocycles. The van der Waals surface area contributed by atoms with Gasteiger partial charge in [-0.25, -0.2) is 0 Å². The molecule has 166 valence electrons. The molecule has 2 atom stereocenters. The van der Waals surface area contributed by atoms with Crippen molar-refractivity contribution in [1.29, 1.82) is 0 Å². The van der Waals surface area contributed by atoms with E-state index in [1.165, 1.54) is 0 Å². The second-order valence-electron chi connectivity index (χ2n) is 8.27. The van der Waals surface area contributed by atoms with E-state index in [0.717, 1.165) is 70.2 Å². The van der Waals surface area contributed by atoms with Crippen molar-refractivity contribution < 1.29 is 9.90 Å². The third-order valence-corrected chi connectivity index (χ3v) is 6.04. The molecule has 2 unspecified atom stereocenters. The van der Waals surface area contributed by atoms with Crippen molar-refractivity contribution in [2.45, 2.75) is 45.3 Å². The average Bonchev–Trinajstić information content (AvgIpc) is 3.31. The van der Waals surface area contributed by atoms with Crippen molar-refractivity contribution in [1.82, 2.24) is 20.0 Å². The maximum absolute atomic E-state index is 12.7. The molecule has 0 saturated carbocycles. The van der Waals surface area contributed by atoms with Crippen molar-refractivity contribution in [3.8, 4) is 0 Å². The van der Waals surface area contributed by atoms with Crippen LogP contribution in [0.4, 0.5) is 0 Å². The van der Waals surface area contributed by atoms with E-state index in [9.17, 15) is 9.90 Å². The summed E-state index contributed by atoms with van der Waals surface area (Å²) in [5.41, 5.74) is 1.12. The fraction of sp³-hybridized carbons (Fsp3) is 0.652. The van der Waals surface area contributed by atoms with Gasteiger partial charge in [-0.1, -0.05) is 30.3 Å². The Kier molecular flexibility index (Phi) is 8.51. The third kappa shape index (κ3) is 6.19. The van der Waals surface area contributed by atoms with E-state index < -0.39 is 6.10 Å². The lowest BCUT2D eigenvalue weighted by atomic mass is 10.1. The topological polar surface area (TPSA) is 71.4 Å². The maximum Gasteiger partial charge on any atom is 0.239 e. The van der Waals surface area contributed by atoms with E-state index in [0.29, 0.717) is 13.0 Å². The van der Waals surface area contributed by atoms with Crippen LogP contribution in [0.5, 0.6) is 0 Å². The first-order chi connectivity index (χ1) is 14.6. The summed E-state index contributed by atoms with van der Waals surface area (Å²) < 4.78 is 0. The largest absolute Gasteiger partial charge is 0.391 e. The van der Waals surface area contributed by atoms with Crippen LogP contribution in [0, 0.1) is 0 Å². The number of aliphatic imine (C=N–C) groups is 1. The van der Waals surface area contributed by atoms with Crippen LogP contribution in [0.3, 0.4) is 0 Å². The molecule has 0 radical (unpaired) electrons. The Morgan fingerprint density at radius 1 is 1.07 bits per heavy atom. The van der Waals surface area contributed by atoms with Gasteiger partial charge in [0.25, 0.3) is 0 Å². The molecule has 1 aromatic rings. The molecule has 30 heavy (non-hydrogen) atoms. The normalized spacial score (nSPS) is 20.3. The third-order valence-electron chi connectivity index (χ3n) is 6.04. The number of nitrogens with zero attached hydrogens (tertiary/aromatic N) is 4. The van der Waals surface area contributed by atoms with Gasteiger partial charge >= 0.3 is 0 Å². The number of hydrogen-bond acceptors (Lipinski definition) is 4. The number of hydrogen-bond donors (Lipinski definition) is 2. The molecule has 7 nitrogen and oxygen atoms in total. The SMILES string of the molecule is CCNC(=NCC(O)Cc1ccccc1)N1CCN(C(C)C(=O)N2CCCC2)CC1. The van der Waals surface area contributed by atoms with E-state index >= 15 is 0 Å². The summed E-state index contributed by atoms with van der Waals surface area (Å²) in [6, 6.07) is 9.97. The number of piperazine rings is 1. The van der Waals surface area contributed by atoms with E-state index in [4.69, 9.17) is 0 Å². The zero-order valence-corrected chi connectivity index (χ0v) is 18.5. The first-order valence-electron chi connectivity index (χ1n) is 11.4. The predicted octanol–water partition coefficient (Wildman–Crippen LogP) is 1.18. The van der Waals surface area contributed by atoms with Gasteiger partial charge in [-0.3, -0.25) is 14.7 Å². The Labute approximate surface area is 180 Å². The predicted molar refractivity (Wildman–Crippen MR) is 121 cm³/mol. The lowest BCUT2D eigenvalue weighted by Gasteiger charge is -2.39. The monoisotopic (exact) mass is 415 g/mol.